The summed E-state index contributed by atoms with van der Waals surface area (Å²) in [6.07, 6.45) is 2.11. The van der Waals surface area contributed by atoms with E-state index in [1.54, 1.807) is 11.0 Å². The first kappa shape index (κ1) is 28.5. The minimum absolute atomic E-state index is 0.0367. The molecule has 0 aliphatic heterocycles. The molecule has 0 unspecified atom stereocenters. The highest BCUT2D eigenvalue weighted by atomic mass is 35.5. The highest BCUT2D eigenvalue weighted by molar-refractivity contribution is 6.31. The lowest BCUT2D eigenvalue weighted by Gasteiger charge is -2.32. The molecule has 2 aromatic rings. The van der Waals surface area contributed by atoms with Gasteiger partial charge < -0.3 is 19.7 Å². The van der Waals surface area contributed by atoms with Crippen molar-refractivity contribution in [3.63, 3.8) is 0 Å². The van der Waals surface area contributed by atoms with Crippen LogP contribution >= 0.6 is 11.6 Å². The summed E-state index contributed by atoms with van der Waals surface area (Å²) in [5, 5.41) is 3.61. The van der Waals surface area contributed by atoms with Crippen LogP contribution in [0.15, 0.2) is 42.5 Å². The molecule has 0 aliphatic rings. The molecule has 0 heterocycles. The zero-order chi connectivity index (χ0) is 25.8. The summed E-state index contributed by atoms with van der Waals surface area (Å²) < 4.78 is 11.4. The third kappa shape index (κ3) is 8.46. The van der Waals surface area contributed by atoms with Crippen LogP contribution in [0, 0.1) is 0 Å². The smallest absolute Gasteiger partial charge is 0.243 e. The molecule has 0 fully saturated rings. The van der Waals surface area contributed by atoms with Crippen LogP contribution < -0.4 is 14.8 Å². The Morgan fingerprint density at radius 2 is 1.66 bits per heavy atom. The van der Waals surface area contributed by atoms with Crippen molar-refractivity contribution in [3.05, 3.63) is 58.6 Å². The Morgan fingerprint density at radius 3 is 2.29 bits per heavy atom. The van der Waals surface area contributed by atoms with E-state index in [2.05, 4.69) is 5.32 Å². The van der Waals surface area contributed by atoms with Crippen molar-refractivity contribution >= 4 is 23.4 Å². The number of rotatable bonds is 14. The molecule has 6 nitrogen and oxygen atoms in total. The number of nitrogens with zero attached hydrogens (tertiary/aromatic N) is 1. The summed E-state index contributed by atoms with van der Waals surface area (Å²) in [6, 6.07) is 12.6. The molecule has 2 aromatic carbocycles. The number of carbonyl (C=O) groups excluding carboxylic acids is 2. The third-order valence-corrected chi connectivity index (χ3v) is 6.29. The van der Waals surface area contributed by atoms with Crippen LogP contribution in [0.4, 0.5) is 0 Å². The molecule has 7 heteroatoms. The normalized spacial score (nSPS) is 12.5. The van der Waals surface area contributed by atoms with E-state index in [1.165, 1.54) is 0 Å². The molecule has 0 aromatic heterocycles. The van der Waals surface area contributed by atoms with Gasteiger partial charge in [-0.1, -0.05) is 49.7 Å². The summed E-state index contributed by atoms with van der Waals surface area (Å²) >= 11 is 6.40. The van der Waals surface area contributed by atoms with Gasteiger partial charge in [-0.2, -0.15) is 0 Å². The molecule has 0 bridgehead atoms. The lowest BCUT2D eigenvalue weighted by Crippen LogP contribution is -2.50. The highest BCUT2D eigenvalue weighted by Gasteiger charge is 2.29. The molecule has 0 saturated heterocycles. The van der Waals surface area contributed by atoms with E-state index >= 15 is 0 Å². The zero-order valence-corrected chi connectivity index (χ0v) is 22.4. The summed E-state index contributed by atoms with van der Waals surface area (Å²) in [7, 11) is 0. The number of carbonyl (C=O) groups is 2. The fourth-order valence-electron chi connectivity index (χ4n) is 3.82. The van der Waals surface area contributed by atoms with E-state index < -0.39 is 6.04 Å². The first-order chi connectivity index (χ1) is 16.8. The van der Waals surface area contributed by atoms with E-state index in [1.807, 2.05) is 71.0 Å². The van der Waals surface area contributed by atoms with Crippen molar-refractivity contribution in [1.29, 1.82) is 0 Å². The monoisotopic (exact) mass is 502 g/mol. The Hall–Kier alpha value is -2.73. The molecule has 35 heavy (non-hydrogen) atoms. The lowest BCUT2D eigenvalue weighted by atomic mass is 10.1. The van der Waals surface area contributed by atoms with Gasteiger partial charge in [0, 0.05) is 24.0 Å². The van der Waals surface area contributed by atoms with E-state index in [9.17, 15) is 9.59 Å². The average molecular weight is 503 g/mol. The number of amides is 2. The molecule has 2 atom stereocenters. The van der Waals surface area contributed by atoms with Crippen molar-refractivity contribution in [3.8, 4) is 11.5 Å². The molecule has 1 N–H and O–H groups in total. The number of hydrogen-bond acceptors (Lipinski definition) is 4. The van der Waals surface area contributed by atoms with Crippen molar-refractivity contribution < 1.29 is 19.1 Å². The first-order valence-electron chi connectivity index (χ1n) is 12.6. The molecule has 2 amide bonds. The molecule has 0 saturated carbocycles. The van der Waals surface area contributed by atoms with E-state index in [0.717, 1.165) is 17.5 Å². The third-order valence-electron chi connectivity index (χ3n) is 5.92. The van der Waals surface area contributed by atoms with E-state index in [0.29, 0.717) is 42.6 Å². The number of halogens is 1. The standard InChI is InChI=1S/C28H39ClN2O4/c1-6-20(5)30-28(33)24(7-2)31(19-22-12-10-11-13-23(22)29)27(32)17-15-21-14-16-25(34-8-3)26(18-21)35-9-4/h10-14,16,18,20,24H,6-9,15,17,19H2,1-5H3,(H,30,33)/t20-,24+/m0/s1. The van der Waals surface area contributed by atoms with Crippen molar-refractivity contribution in [2.45, 2.75) is 78.9 Å². The van der Waals surface area contributed by atoms with Gasteiger partial charge in [0.2, 0.25) is 11.8 Å². The highest BCUT2D eigenvalue weighted by Crippen LogP contribution is 2.29. The largest absolute Gasteiger partial charge is 0.490 e. The summed E-state index contributed by atoms with van der Waals surface area (Å²) in [4.78, 5) is 28.3. The Balaban J connectivity index is 2.25. The maximum atomic E-state index is 13.5. The zero-order valence-electron chi connectivity index (χ0n) is 21.6. The Morgan fingerprint density at radius 1 is 0.971 bits per heavy atom. The lowest BCUT2D eigenvalue weighted by molar-refractivity contribution is -0.141. The molecule has 0 radical (unpaired) electrons. The maximum absolute atomic E-state index is 13.5. The quantitative estimate of drug-likeness (QED) is 0.355. The minimum atomic E-state index is -0.577. The summed E-state index contributed by atoms with van der Waals surface area (Å²) in [5.41, 5.74) is 1.79. The SMILES string of the molecule is CCOc1ccc(CCC(=O)N(Cc2ccccc2Cl)[C@H](CC)C(=O)N[C@@H](C)CC)cc1OCC. The van der Waals surface area contributed by atoms with Gasteiger partial charge in [-0.15, -0.1) is 0 Å². The van der Waals surface area contributed by atoms with Gasteiger partial charge in [0.25, 0.3) is 0 Å². The number of nitrogens with one attached hydrogen (secondary N) is 1. The minimum Gasteiger partial charge on any atom is -0.490 e. The van der Waals surface area contributed by atoms with Gasteiger partial charge in [-0.3, -0.25) is 9.59 Å². The van der Waals surface area contributed by atoms with Gasteiger partial charge >= 0.3 is 0 Å². The van der Waals surface area contributed by atoms with Gasteiger partial charge in [0.05, 0.1) is 13.2 Å². The molecule has 0 spiro atoms. The number of ether oxygens (including phenoxy) is 2. The van der Waals surface area contributed by atoms with Crippen LogP contribution in [0.5, 0.6) is 11.5 Å². The van der Waals surface area contributed by atoms with Crippen molar-refractivity contribution in [1.82, 2.24) is 10.2 Å². The van der Waals surface area contributed by atoms with E-state index in [-0.39, 0.29) is 30.8 Å². The topological polar surface area (TPSA) is 67.9 Å². The van der Waals surface area contributed by atoms with Crippen LogP contribution in [0.1, 0.15) is 65.0 Å². The number of hydrogen-bond donors (Lipinski definition) is 1. The number of benzene rings is 2. The molecule has 192 valence electrons. The summed E-state index contributed by atoms with van der Waals surface area (Å²) in [6.45, 7) is 11.1. The fraction of sp³-hybridized carbons (Fsp3) is 0.500. The fourth-order valence-corrected chi connectivity index (χ4v) is 4.01. The molecule has 0 aliphatic carbocycles. The summed E-state index contributed by atoms with van der Waals surface area (Å²) in [5.74, 6) is 1.13. The Kier molecular flexibility index (Phi) is 11.9. The second-order valence-electron chi connectivity index (χ2n) is 8.50. The predicted octanol–water partition coefficient (Wildman–Crippen LogP) is 5.79. The first-order valence-corrected chi connectivity index (χ1v) is 12.9. The van der Waals surface area contributed by atoms with Crippen LogP contribution in [-0.4, -0.2) is 42.0 Å². The van der Waals surface area contributed by atoms with Gasteiger partial charge in [0.15, 0.2) is 11.5 Å². The van der Waals surface area contributed by atoms with Crippen LogP contribution in [0.3, 0.4) is 0 Å². The van der Waals surface area contributed by atoms with Gasteiger partial charge in [0.1, 0.15) is 6.04 Å². The second-order valence-corrected chi connectivity index (χ2v) is 8.91. The van der Waals surface area contributed by atoms with Gasteiger partial charge in [-0.25, -0.2) is 0 Å². The van der Waals surface area contributed by atoms with Crippen molar-refractivity contribution in [2.24, 2.45) is 0 Å². The Labute approximate surface area is 214 Å². The van der Waals surface area contributed by atoms with Crippen molar-refractivity contribution in [2.75, 3.05) is 13.2 Å². The molecular weight excluding hydrogens is 464 g/mol. The predicted molar refractivity (Wildman–Crippen MR) is 141 cm³/mol. The van der Waals surface area contributed by atoms with Crippen LogP contribution in [0.25, 0.3) is 0 Å². The molecule has 2 rings (SSSR count). The number of aryl methyl sites for hydroxylation is 1. The second kappa shape index (κ2) is 14.6. The average Bonchev–Trinajstić information content (AvgIpc) is 2.85. The Bertz CT molecular complexity index is 966. The molecular formula is C28H39ClN2O4. The van der Waals surface area contributed by atoms with Crippen LogP contribution in [0.2, 0.25) is 5.02 Å². The maximum Gasteiger partial charge on any atom is 0.243 e. The van der Waals surface area contributed by atoms with Crippen LogP contribution in [-0.2, 0) is 22.6 Å². The van der Waals surface area contributed by atoms with E-state index in [4.69, 9.17) is 21.1 Å². The van der Waals surface area contributed by atoms with Gasteiger partial charge in [-0.05, 0) is 69.4 Å².